The average molecular weight is 280 g/mol. The van der Waals surface area contributed by atoms with Gasteiger partial charge in [-0.15, -0.1) is 0 Å². The molecule has 1 aliphatic heterocycles. The maximum absolute atomic E-state index is 3.71. The maximum Gasteiger partial charge on any atom is 0.00504 e. The van der Waals surface area contributed by atoms with Crippen molar-refractivity contribution in [3.63, 3.8) is 0 Å². The Kier molecular flexibility index (Phi) is 5.92. The molecule has 2 nitrogen and oxygen atoms in total. The Labute approximate surface area is 126 Å². The van der Waals surface area contributed by atoms with E-state index in [0.717, 1.165) is 0 Å². The van der Waals surface area contributed by atoms with Gasteiger partial charge in [-0.25, -0.2) is 0 Å². The van der Waals surface area contributed by atoms with E-state index in [1.54, 1.807) is 0 Å². The van der Waals surface area contributed by atoms with Gasteiger partial charge in [-0.1, -0.05) is 33.6 Å². The van der Waals surface area contributed by atoms with Crippen molar-refractivity contribution >= 4 is 0 Å². The smallest absolute Gasteiger partial charge is 0.00504 e. The molecule has 2 fully saturated rings. The monoisotopic (exact) mass is 280 g/mol. The molecule has 2 rings (SSSR count). The third kappa shape index (κ3) is 3.76. The first-order valence-electron chi connectivity index (χ1n) is 9.11. The van der Waals surface area contributed by atoms with Crippen LogP contribution < -0.4 is 5.32 Å². The average Bonchev–Trinajstić information content (AvgIpc) is 3.08. The lowest BCUT2D eigenvalue weighted by Gasteiger charge is -2.35. The van der Waals surface area contributed by atoms with Crippen molar-refractivity contribution in [2.75, 3.05) is 32.7 Å². The minimum Gasteiger partial charge on any atom is -0.316 e. The van der Waals surface area contributed by atoms with Crippen LogP contribution in [0.3, 0.4) is 0 Å². The molecule has 118 valence electrons. The molecule has 20 heavy (non-hydrogen) atoms. The van der Waals surface area contributed by atoms with Crippen LogP contribution in [0, 0.1) is 10.8 Å². The van der Waals surface area contributed by atoms with E-state index >= 15 is 0 Å². The van der Waals surface area contributed by atoms with Gasteiger partial charge >= 0.3 is 0 Å². The third-order valence-electron chi connectivity index (χ3n) is 6.17. The molecule has 0 unspecified atom stereocenters. The summed E-state index contributed by atoms with van der Waals surface area (Å²) < 4.78 is 0. The molecule has 1 N–H and O–H groups in total. The Bertz CT molecular complexity index is 277. The Morgan fingerprint density at radius 3 is 2.20 bits per heavy atom. The summed E-state index contributed by atoms with van der Waals surface area (Å²) in [5, 5.41) is 3.71. The van der Waals surface area contributed by atoms with Gasteiger partial charge in [0.05, 0.1) is 0 Å². The van der Waals surface area contributed by atoms with Crippen molar-refractivity contribution < 1.29 is 0 Å². The summed E-state index contributed by atoms with van der Waals surface area (Å²) >= 11 is 0. The summed E-state index contributed by atoms with van der Waals surface area (Å²) in [6.07, 6.45) is 11.2. The zero-order valence-electron chi connectivity index (χ0n) is 14.1. The van der Waals surface area contributed by atoms with Gasteiger partial charge in [0.1, 0.15) is 0 Å². The normalized spacial score (nSPS) is 25.4. The topological polar surface area (TPSA) is 15.3 Å². The Morgan fingerprint density at radius 2 is 1.65 bits per heavy atom. The predicted molar refractivity (Wildman–Crippen MR) is 88.1 cm³/mol. The molecule has 0 aromatic rings. The first kappa shape index (κ1) is 16.3. The van der Waals surface area contributed by atoms with E-state index in [0.29, 0.717) is 10.8 Å². The summed E-state index contributed by atoms with van der Waals surface area (Å²) in [7, 11) is 0. The van der Waals surface area contributed by atoms with Crippen LogP contribution in [-0.2, 0) is 0 Å². The SMILES string of the molecule is CCCNCC1(CN2CCC(CC)(CC)C2)CCCC1. The van der Waals surface area contributed by atoms with Crippen LogP contribution in [0.4, 0.5) is 0 Å². The first-order valence-corrected chi connectivity index (χ1v) is 9.11. The number of rotatable bonds is 8. The molecule has 1 heterocycles. The van der Waals surface area contributed by atoms with Gasteiger partial charge in [0.25, 0.3) is 0 Å². The van der Waals surface area contributed by atoms with Gasteiger partial charge in [0.2, 0.25) is 0 Å². The van der Waals surface area contributed by atoms with Crippen LogP contribution in [0.5, 0.6) is 0 Å². The van der Waals surface area contributed by atoms with E-state index in [-0.39, 0.29) is 0 Å². The summed E-state index contributed by atoms with van der Waals surface area (Å²) in [5.41, 5.74) is 1.23. The second-order valence-electron chi connectivity index (χ2n) is 7.55. The van der Waals surface area contributed by atoms with Gasteiger partial charge in [-0.2, -0.15) is 0 Å². The minimum atomic E-state index is 0.590. The fraction of sp³-hybridized carbons (Fsp3) is 1.00. The summed E-state index contributed by atoms with van der Waals surface area (Å²) in [6, 6.07) is 0. The van der Waals surface area contributed by atoms with Crippen LogP contribution in [0.1, 0.15) is 72.1 Å². The number of nitrogens with zero attached hydrogens (tertiary/aromatic N) is 1. The zero-order chi connectivity index (χ0) is 14.5. The molecule has 0 spiro atoms. The van der Waals surface area contributed by atoms with Crippen molar-refractivity contribution in [2.45, 2.75) is 72.1 Å². The summed E-state index contributed by atoms with van der Waals surface area (Å²) in [4.78, 5) is 2.80. The molecule has 0 radical (unpaired) electrons. The molecule has 0 aromatic heterocycles. The van der Waals surface area contributed by atoms with Crippen LogP contribution >= 0.6 is 0 Å². The van der Waals surface area contributed by atoms with Crippen LogP contribution in [0.2, 0.25) is 0 Å². The van der Waals surface area contributed by atoms with Crippen molar-refractivity contribution in [2.24, 2.45) is 10.8 Å². The lowest BCUT2D eigenvalue weighted by molar-refractivity contribution is 0.152. The molecule has 0 bridgehead atoms. The van der Waals surface area contributed by atoms with Crippen molar-refractivity contribution in [1.29, 1.82) is 0 Å². The standard InChI is InChI=1S/C18H36N2/c1-4-12-19-14-18(9-7-8-10-18)16-20-13-11-17(5-2,6-3)15-20/h19H,4-16H2,1-3H3. The van der Waals surface area contributed by atoms with Gasteiger partial charge in [0, 0.05) is 19.6 Å². The number of nitrogens with one attached hydrogen (secondary N) is 1. The lowest BCUT2D eigenvalue weighted by atomic mass is 9.81. The van der Waals surface area contributed by atoms with Gasteiger partial charge in [-0.3, -0.25) is 0 Å². The van der Waals surface area contributed by atoms with E-state index in [4.69, 9.17) is 0 Å². The van der Waals surface area contributed by atoms with E-state index in [2.05, 4.69) is 31.0 Å². The molecule has 2 heteroatoms. The minimum absolute atomic E-state index is 0.590. The highest BCUT2D eigenvalue weighted by atomic mass is 15.2. The van der Waals surface area contributed by atoms with Gasteiger partial charge in [0.15, 0.2) is 0 Å². The third-order valence-corrected chi connectivity index (χ3v) is 6.17. The van der Waals surface area contributed by atoms with Crippen molar-refractivity contribution in [1.82, 2.24) is 10.2 Å². The van der Waals surface area contributed by atoms with E-state index < -0.39 is 0 Å². The second kappa shape index (κ2) is 7.26. The second-order valence-corrected chi connectivity index (χ2v) is 7.55. The molecule has 0 amide bonds. The van der Waals surface area contributed by atoms with E-state index in [1.807, 2.05) is 0 Å². The largest absolute Gasteiger partial charge is 0.316 e. The quantitative estimate of drug-likeness (QED) is 0.675. The maximum atomic E-state index is 3.71. The molecule has 2 aliphatic rings. The molecule has 0 aromatic carbocycles. The summed E-state index contributed by atoms with van der Waals surface area (Å²) in [5.74, 6) is 0. The van der Waals surface area contributed by atoms with Gasteiger partial charge < -0.3 is 10.2 Å². The highest BCUT2D eigenvalue weighted by Crippen LogP contribution is 2.42. The molecule has 1 aliphatic carbocycles. The molecular formula is C18H36N2. The Balaban J connectivity index is 1.89. The van der Waals surface area contributed by atoms with E-state index in [1.165, 1.54) is 84.1 Å². The fourth-order valence-electron chi connectivity index (χ4n) is 4.51. The molecule has 0 atom stereocenters. The van der Waals surface area contributed by atoms with Gasteiger partial charge in [-0.05, 0) is 62.4 Å². The highest BCUT2D eigenvalue weighted by molar-refractivity contribution is 4.94. The lowest BCUT2D eigenvalue weighted by Crippen LogP contribution is -2.42. The highest BCUT2D eigenvalue weighted by Gasteiger charge is 2.40. The van der Waals surface area contributed by atoms with Crippen LogP contribution in [-0.4, -0.2) is 37.6 Å². The summed E-state index contributed by atoms with van der Waals surface area (Å²) in [6.45, 7) is 13.5. The van der Waals surface area contributed by atoms with Crippen molar-refractivity contribution in [3.05, 3.63) is 0 Å². The Morgan fingerprint density at radius 1 is 0.950 bits per heavy atom. The zero-order valence-corrected chi connectivity index (χ0v) is 14.1. The number of hydrogen-bond acceptors (Lipinski definition) is 2. The van der Waals surface area contributed by atoms with Crippen LogP contribution in [0.15, 0.2) is 0 Å². The molecular weight excluding hydrogens is 244 g/mol. The fourth-order valence-corrected chi connectivity index (χ4v) is 4.51. The van der Waals surface area contributed by atoms with Crippen molar-refractivity contribution in [3.8, 4) is 0 Å². The molecule has 1 saturated carbocycles. The Hall–Kier alpha value is -0.0800. The number of hydrogen-bond donors (Lipinski definition) is 1. The van der Waals surface area contributed by atoms with Crippen LogP contribution in [0.25, 0.3) is 0 Å². The number of likely N-dealkylation sites (tertiary alicyclic amines) is 1. The first-order chi connectivity index (χ1) is 9.67. The predicted octanol–water partition coefficient (Wildman–Crippen LogP) is 4.06. The molecule has 1 saturated heterocycles. The van der Waals surface area contributed by atoms with E-state index in [9.17, 15) is 0 Å².